The molecule has 2 aliphatic carbocycles. The van der Waals surface area contributed by atoms with Gasteiger partial charge in [0.25, 0.3) is 0 Å². The number of hydrogen-bond acceptors (Lipinski definition) is 0. The molecular formula is C8H10Cl+. The maximum atomic E-state index is 5.12. The monoisotopic (exact) mass is 141 g/mol. The fourth-order valence-corrected chi connectivity index (χ4v) is 1.80. The number of fused-ring (bicyclic) bond motifs is 1. The summed E-state index contributed by atoms with van der Waals surface area (Å²) >= 11 is 5.12. The Morgan fingerprint density at radius 1 is 1.44 bits per heavy atom. The Hall–Kier alpha value is -0.230. The van der Waals surface area contributed by atoms with Gasteiger partial charge in [-0.05, 0) is 25.3 Å². The van der Waals surface area contributed by atoms with Crippen LogP contribution in [0.2, 0.25) is 0 Å². The first-order valence-corrected chi connectivity index (χ1v) is 3.75. The number of rotatable bonds is 0. The first-order valence-electron chi connectivity index (χ1n) is 3.34. The van der Waals surface area contributed by atoms with Gasteiger partial charge in [-0.3, -0.25) is 0 Å². The summed E-state index contributed by atoms with van der Waals surface area (Å²) in [7, 11) is 0. The Labute approximate surface area is 60.2 Å². The van der Waals surface area contributed by atoms with E-state index in [1.807, 2.05) is 0 Å². The molecule has 1 fully saturated rings. The lowest BCUT2D eigenvalue weighted by atomic mass is 10.1. The van der Waals surface area contributed by atoms with Crippen molar-refractivity contribution < 1.29 is 11.6 Å². The van der Waals surface area contributed by atoms with Gasteiger partial charge in [-0.2, -0.15) is 0 Å². The van der Waals surface area contributed by atoms with Crippen LogP contribution in [-0.4, -0.2) is 0 Å². The van der Waals surface area contributed by atoms with E-state index in [9.17, 15) is 0 Å². The number of halogens is 1. The average molecular weight is 142 g/mol. The highest BCUT2D eigenvalue weighted by Gasteiger charge is 2.45. The predicted octanol–water partition coefficient (Wildman–Crippen LogP) is 1.75. The minimum atomic E-state index is 0.755. The van der Waals surface area contributed by atoms with E-state index >= 15 is 0 Å². The summed E-state index contributed by atoms with van der Waals surface area (Å²) in [6.07, 6.45) is 5.56. The van der Waals surface area contributed by atoms with Crippen molar-refractivity contribution in [3.8, 4) is 0 Å². The average Bonchev–Trinajstić information content (AvgIpc) is 2.57. The highest BCUT2D eigenvalue weighted by Crippen LogP contribution is 2.50. The van der Waals surface area contributed by atoms with Gasteiger partial charge in [-0.25, -0.2) is 0 Å². The maximum Gasteiger partial charge on any atom is 0.206 e. The molecule has 0 saturated heterocycles. The third kappa shape index (κ3) is 0.734. The summed E-state index contributed by atoms with van der Waals surface area (Å²) in [6, 6.07) is 0. The smallest absolute Gasteiger partial charge is 0.0692 e. The van der Waals surface area contributed by atoms with Crippen molar-refractivity contribution in [1.29, 1.82) is 0 Å². The standard InChI is InChI=1S/C8H10Cl/c1-5-2-3-8(9)7-4-6(5)7/h2-3,6-7,9H,4H2,1H3/q+1/t6-,7?/m1/s1. The van der Waals surface area contributed by atoms with Gasteiger partial charge < -0.3 is 0 Å². The van der Waals surface area contributed by atoms with E-state index in [0.29, 0.717) is 0 Å². The van der Waals surface area contributed by atoms with Gasteiger partial charge in [0.15, 0.2) is 0 Å². The molecule has 0 radical (unpaired) electrons. The molecule has 48 valence electrons. The third-order valence-corrected chi connectivity index (χ3v) is 2.69. The van der Waals surface area contributed by atoms with Gasteiger partial charge >= 0.3 is 0 Å². The van der Waals surface area contributed by atoms with E-state index in [1.165, 1.54) is 17.0 Å². The summed E-state index contributed by atoms with van der Waals surface area (Å²) in [4.78, 5) is 0. The summed E-state index contributed by atoms with van der Waals surface area (Å²) < 4.78 is 0. The molecule has 0 aliphatic heterocycles. The first kappa shape index (κ1) is 5.55. The molecule has 0 heterocycles. The van der Waals surface area contributed by atoms with Crippen LogP contribution in [0.4, 0.5) is 0 Å². The Kier molecular flexibility index (Phi) is 1.01. The van der Waals surface area contributed by atoms with Gasteiger partial charge in [-0.1, -0.05) is 11.6 Å². The van der Waals surface area contributed by atoms with E-state index in [1.54, 1.807) is 0 Å². The Bertz CT molecular complexity index is 179. The van der Waals surface area contributed by atoms with Crippen LogP contribution in [-0.2, 0) is 0 Å². The zero-order chi connectivity index (χ0) is 6.43. The lowest BCUT2D eigenvalue weighted by Crippen LogP contribution is -1.91. The normalized spacial score (nSPS) is 38.9. The van der Waals surface area contributed by atoms with Crippen molar-refractivity contribution >= 4 is 0 Å². The van der Waals surface area contributed by atoms with E-state index in [4.69, 9.17) is 11.6 Å². The van der Waals surface area contributed by atoms with Crippen molar-refractivity contribution in [2.45, 2.75) is 13.3 Å². The molecule has 9 heavy (non-hydrogen) atoms. The molecule has 1 unspecified atom stereocenters. The van der Waals surface area contributed by atoms with Crippen LogP contribution < -0.4 is 0 Å². The predicted molar refractivity (Wildman–Crippen MR) is 34.8 cm³/mol. The quantitative estimate of drug-likeness (QED) is 0.482. The van der Waals surface area contributed by atoms with Crippen molar-refractivity contribution in [2.75, 3.05) is 0 Å². The molecule has 2 rings (SSSR count). The van der Waals surface area contributed by atoms with Crippen LogP contribution in [0.1, 0.15) is 13.3 Å². The molecule has 0 bridgehead atoms. The zero-order valence-corrected chi connectivity index (χ0v) is 6.24. The second-order valence-electron chi connectivity index (χ2n) is 2.93. The Balaban J connectivity index is 2.33. The number of allylic oxidation sites excluding steroid dienone is 4. The van der Waals surface area contributed by atoms with Crippen LogP contribution >= 0.6 is 0 Å². The van der Waals surface area contributed by atoms with Crippen molar-refractivity contribution in [2.24, 2.45) is 11.8 Å². The van der Waals surface area contributed by atoms with Gasteiger partial charge in [0, 0.05) is 5.92 Å². The van der Waals surface area contributed by atoms with E-state index in [-0.39, 0.29) is 0 Å². The maximum absolute atomic E-state index is 5.12. The van der Waals surface area contributed by atoms with Crippen LogP contribution in [0.3, 0.4) is 0 Å². The van der Waals surface area contributed by atoms with Gasteiger partial charge in [0.05, 0.1) is 0 Å². The fourth-order valence-electron chi connectivity index (χ4n) is 1.47. The van der Waals surface area contributed by atoms with Crippen LogP contribution in [0, 0.1) is 23.4 Å². The van der Waals surface area contributed by atoms with Gasteiger partial charge in [0.2, 0.25) is 5.03 Å². The molecule has 0 N–H and O–H groups in total. The minimum Gasteiger partial charge on any atom is -0.0692 e. The number of hydrogen-bond donors (Lipinski definition) is 0. The van der Waals surface area contributed by atoms with Gasteiger partial charge in [0.1, 0.15) is 11.6 Å². The molecule has 1 heteroatoms. The Morgan fingerprint density at radius 3 is 2.89 bits per heavy atom. The van der Waals surface area contributed by atoms with Crippen molar-refractivity contribution in [3.63, 3.8) is 0 Å². The zero-order valence-electron chi connectivity index (χ0n) is 5.42. The molecule has 0 amide bonds. The van der Waals surface area contributed by atoms with Crippen molar-refractivity contribution in [1.82, 2.24) is 0 Å². The molecule has 0 aromatic carbocycles. The van der Waals surface area contributed by atoms with E-state index in [0.717, 1.165) is 11.8 Å². The summed E-state index contributed by atoms with van der Waals surface area (Å²) in [5.41, 5.74) is 1.52. The summed E-state index contributed by atoms with van der Waals surface area (Å²) in [5.74, 6) is 1.59. The highest BCUT2D eigenvalue weighted by atomic mass is 35.5. The molecule has 0 aromatic heterocycles. The SMILES string of the molecule is CC1=CC=C([ClH+])C2C[C@H]12. The van der Waals surface area contributed by atoms with Crippen LogP contribution in [0.15, 0.2) is 22.8 Å². The largest absolute Gasteiger partial charge is 0.206 e. The molecule has 2 atom stereocenters. The molecule has 0 aromatic rings. The molecule has 1 saturated carbocycles. The summed E-state index contributed by atoms with van der Waals surface area (Å²) in [6.45, 7) is 2.20. The summed E-state index contributed by atoms with van der Waals surface area (Å²) in [5, 5.41) is 1.17. The molecule has 2 aliphatic rings. The third-order valence-electron chi connectivity index (χ3n) is 2.25. The fraction of sp³-hybridized carbons (Fsp3) is 0.500. The van der Waals surface area contributed by atoms with E-state index in [2.05, 4.69) is 19.1 Å². The molecular weight excluding hydrogens is 132 g/mol. The first-order chi connectivity index (χ1) is 4.29. The van der Waals surface area contributed by atoms with Crippen LogP contribution in [0.5, 0.6) is 0 Å². The minimum absolute atomic E-state index is 0.755. The Morgan fingerprint density at radius 2 is 2.22 bits per heavy atom. The molecule has 0 nitrogen and oxygen atoms in total. The van der Waals surface area contributed by atoms with Gasteiger partial charge in [-0.15, -0.1) is 0 Å². The van der Waals surface area contributed by atoms with E-state index < -0.39 is 0 Å². The molecule has 0 spiro atoms. The lowest BCUT2D eigenvalue weighted by Gasteiger charge is -1.98. The highest BCUT2D eigenvalue weighted by molar-refractivity contribution is 5.30. The second-order valence-corrected chi connectivity index (χ2v) is 3.40. The second kappa shape index (κ2) is 1.63. The van der Waals surface area contributed by atoms with Crippen LogP contribution in [0.25, 0.3) is 0 Å². The van der Waals surface area contributed by atoms with Crippen molar-refractivity contribution in [3.05, 3.63) is 22.8 Å². The lowest BCUT2D eigenvalue weighted by molar-refractivity contribution is -0.310. The topological polar surface area (TPSA) is 0 Å².